The standard InChI is InChI=1S/C9H8ClN3O2/c1-4-5-6(9(14)15)7(10)13(2)8(5)12-3-11-4/h3H,1-2H3,(H,14,15). The molecule has 0 fully saturated rings. The molecule has 0 saturated carbocycles. The van der Waals surface area contributed by atoms with Gasteiger partial charge in [-0.05, 0) is 6.92 Å². The van der Waals surface area contributed by atoms with Crippen molar-refractivity contribution in [2.24, 2.45) is 7.05 Å². The predicted octanol–water partition coefficient (Wildman–Crippen LogP) is 1.63. The van der Waals surface area contributed by atoms with Gasteiger partial charge < -0.3 is 9.67 Å². The highest BCUT2D eigenvalue weighted by atomic mass is 35.5. The summed E-state index contributed by atoms with van der Waals surface area (Å²) in [5, 5.41) is 9.71. The monoisotopic (exact) mass is 225 g/mol. The van der Waals surface area contributed by atoms with E-state index in [0.29, 0.717) is 16.7 Å². The van der Waals surface area contributed by atoms with Crippen molar-refractivity contribution in [3.05, 3.63) is 22.7 Å². The Morgan fingerprint density at radius 1 is 1.53 bits per heavy atom. The van der Waals surface area contributed by atoms with E-state index >= 15 is 0 Å². The van der Waals surface area contributed by atoms with Gasteiger partial charge in [-0.25, -0.2) is 14.8 Å². The second kappa shape index (κ2) is 3.20. The van der Waals surface area contributed by atoms with Gasteiger partial charge in [-0.1, -0.05) is 11.6 Å². The summed E-state index contributed by atoms with van der Waals surface area (Å²) in [4.78, 5) is 19.0. The molecule has 0 saturated heterocycles. The minimum Gasteiger partial charge on any atom is -0.478 e. The second-order valence-corrected chi connectivity index (χ2v) is 3.55. The van der Waals surface area contributed by atoms with Crippen LogP contribution < -0.4 is 0 Å². The quantitative estimate of drug-likeness (QED) is 0.801. The number of aromatic nitrogens is 3. The largest absolute Gasteiger partial charge is 0.478 e. The molecule has 0 aliphatic rings. The van der Waals surface area contributed by atoms with Gasteiger partial charge in [0.25, 0.3) is 0 Å². The molecule has 0 unspecified atom stereocenters. The molecule has 5 nitrogen and oxygen atoms in total. The fourth-order valence-corrected chi connectivity index (χ4v) is 1.82. The van der Waals surface area contributed by atoms with Gasteiger partial charge in [-0.3, -0.25) is 0 Å². The van der Waals surface area contributed by atoms with Crippen LogP contribution in [0.25, 0.3) is 11.0 Å². The molecular formula is C9H8ClN3O2. The topological polar surface area (TPSA) is 68.0 Å². The smallest absolute Gasteiger partial charge is 0.339 e. The van der Waals surface area contributed by atoms with E-state index < -0.39 is 5.97 Å². The summed E-state index contributed by atoms with van der Waals surface area (Å²) in [7, 11) is 1.67. The van der Waals surface area contributed by atoms with Gasteiger partial charge in [-0.15, -0.1) is 0 Å². The van der Waals surface area contributed by atoms with Gasteiger partial charge in [-0.2, -0.15) is 0 Å². The Balaban J connectivity index is 3.02. The number of hydrogen-bond acceptors (Lipinski definition) is 3. The second-order valence-electron chi connectivity index (χ2n) is 3.19. The fraction of sp³-hybridized carbons (Fsp3) is 0.222. The fourth-order valence-electron chi connectivity index (χ4n) is 1.57. The number of fused-ring (bicyclic) bond motifs is 1. The number of aryl methyl sites for hydroxylation is 2. The van der Waals surface area contributed by atoms with Crippen molar-refractivity contribution >= 4 is 28.6 Å². The number of rotatable bonds is 1. The van der Waals surface area contributed by atoms with Gasteiger partial charge in [0.2, 0.25) is 0 Å². The van der Waals surface area contributed by atoms with E-state index in [-0.39, 0.29) is 10.7 Å². The van der Waals surface area contributed by atoms with E-state index in [1.807, 2.05) is 0 Å². The van der Waals surface area contributed by atoms with Crippen LogP contribution in [0.1, 0.15) is 16.1 Å². The number of aromatic carboxylic acids is 1. The molecule has 0 atom stereocenters. The maximum Gasteiger partial charge on any atom is 0.339 e. The molecule has 2 rings (SSSR count). The molecule has 2 aromatic rings. The Labute approximate surface area is 90.3 Å². The first-order chi connectivity index (χ1) is 7.04. The summed E-state index contributed by atoms with van der Waals surface area (Å²) >= 11 is 5.92. The van der Waals surface area contributed by atoms with Crippen LogP contribution in [-0.4, -0.2) is 25.6 Å². The Morgan fingerprint density at radius 3 is 2.80 bits per heavy atom. The van der Waals surface area contributed by atoms with E-state index in [4.69, 9.17) is 16.7 Å². The van der Waals surface area contributed by atoms with Gasteiger partial charge in [0, 0.05) is 7.05 Å². The average Bonchev–Trinajstić information content (AvgIpc) is 2.43. The molecule has 0 spiro atoms. The molecule has 1 N–H and O–H groups in total. The average molecular weight is 226 g/mol. The van der Waals surface area contributed by atoms with Crippen molar-refractivity contribution in [1.29, 1.82) is 0 Å². The normalized spacial score (nSPS) is 10.9. The van der Waals surface area contributed by atoms with Gasteiger partial charge >= 0.3 is 5.97 Å². The first kappa shape index (κ1) is 9.92. The van der Waals surface area contributed by atoms with Gasteiger partial charge in [0.15, 0.2) is 0 Å². The van der Waals surface area contributed by atoms with Crippen LogP contribution in [0.15, 0.2) is 6.33 Å². The predicted molar refractivity (Wildman–Crippen MR) is 55.2 cm³/mol. The molecule has 2 heterocycles. The summed E-state index contributed by atoms with van der Waals surface area (Å²) in [6.07, 6.45) is 1.39. The lowest BCUT2D eigenvalue weighted by atomic mass is 10.2. The molecule has 6 heteroatoms. The number of halogens is 1. The lowest BCUT2D eigenvalue weighted by Crippen LogP contribution is -1.97. The Hall–Kier alpha value is -1.62. The number of nitrogens with zero attached hydrogens (tertiary/aromatic N) is 3. The van der Waals surface area contributed by atoms with Gasteiger partial charge in [0.1, 0.15) is 22.7 Å². The van der Waals surface area contributed by atoms with Crippen LogP contribution >= 0.6 is 11.6 Å². The summed E-state index contributed by atoms with van der Waals surface area (Å²) in [6.45, 7) is 1.73. The third-order valence-electron chi connectivity index (χ3n) is 2.30. The minimum atomic E-state index is -1.07. The molecular weight excluding hydrogens is 218 g/mol. The molecule has 0 aromatic carbocycles. The van der Waals surface area contributed by atoms with E-state index in [9.17, 15) is 4.79 Å². The molecule has 0 aliphatic heterocycles. The number of carboxylic acids is 1. The lowest BCUT2D eigenvalue weighted by Gasteiger charge is -1.96. The van der Waals surface area contributed by atoms with E-state index in [0.717, 1.165) is 0 Å². The summed E-state index contributed by atoms with van der Waals surface area (Å²) in [6, 6.07) is 0. The SMILES string of the molecule is Cc1ncnc2c1c(C(=O)O)c(Cl)n2C. The molecule has 0 bridgehead atoms. The van der Waals surface area contributed by atoms with Crippen LogP contribution in [0.4, 0.5) is 0 Å². The zero-order valence-corrected chi connectivity index (χ0v) is 8.91. The van der Waals surface area contributed by atoms with Crippen LogP contribution in [0.2, 0.25) is 5.15 Å². The van der Waals surface area contributed by atoms with Crippen LogP contribution in [-0.2, 0) is 7.05 Å². The van der Waals surface area contributed by atoms with Gasteiger partial charge in [0.05, 0.1) is 11.1 Å². The van der Waals surface area contributed by atoms with E-state index in [1.165, 1.54) is 10.9 Å². The molecule has 0 radical (unpaired) electrons. The summed E-state index contributed by atoms with van der Waals surface area (Å²) < 4.78 is 1.54. The highest BCUT2D eigenvalue weighted by molar-refractivity contribution is 6.35. The van der Waals surface area contributed by atoms with Crippen molar-refractivity contribution in [2.75, 3.05) is 0 Å². The molecule has 78 valence electrons. The highest BCUT2D eigenvalue weighted by Crippen LogP contribution is 2.28. The molecule has 15 heavy (non-hydrogen) atoms. The lowest BCUT2D eigenvalue weighted by molar-refractivity contribution is 0.0699. The Kier molecular flexibility index (Phi) is 2.12. The Morgan fingerprint density at radius 2 is 2.20 bits per heavy atom. The van der Waals surface area contributed by atoms with Crippen molar-refractivity contribution in [2.45, 2.75) is 6.92 Å². The van der Waals surface area contributed by atoms with Crippen molar-refractivity contribution < 1.29 is 9.90 Å². The van der Waals surface area contributed by atoms with Crippen molar-refractivity contribution in [3.8, 4) is 0 Å². The van der Waals surface area contributed by atoms with E-state index in [2.05, 4.69) is 9.97 Å². The van der Waals surface area contributed by atoms with Crippen LogP contribution in [0.3, 0.4) is 0 Å². The minimum absolute atomic E-state index is 0.0623. The highest BCUT2D eigenvalue weighted by Gasteiger charge is 2.21. The van der Waals surface area contributed by atoms with E-state index in [1.54, 1.807) is 14.0 Å². The van der Waals surface area contributed by atoms with Crippen molar-refractivity contribution in [3.63, 3.8) is 0 Å². The number of carbonyl (C=O) groups is 1. The maximum absolute atomic E-state index is 11.0. The van der Waals surface area contributed by atoms with Crippen LogP contribution in [0, 0.1) is 6.92 Å². The number of hydrogen-bond donors (Lipinski definition) is 1. The zero-order chi connectivity index (χ0) is 11.2. The summed E-state index contributed by atoms with van der Waals surface area (Å²) in [5.74, 6) is -1.07. The first-order valence-corrected chi connectivity index (χ1v) is 4.60. The third kappa shape index (κ3) is 1.27. The Bertz CT molecular complexity index is 562. The van der Waals surface area contributed by atoms with Crippen molar-refractivity contribution in [1.82, 2.24) is 14.5 Å². The molecule has 0 aliphatic carbocycles. The number of carboxylic acid groups (broad SMARTS) is 1. The van der Waals surface area contributed by atoms with Crippen LogP contribution in [0.5, 0.6) is 0 Å². The zero-order valence-electron chi connectivity index (χ0n) is 8.15. The third-order valence-corrected chi connectivity index (χ3v) is 2.74. The first-order valence-electron chi connectivity index (χ1n) is 4.22. The maximum atomic E-state index is 11.0. The molecule has 0 amide bonds. The molecule has 2 aromatic heterocycles. The summed E-state index contributed by atoms with van der Waals surface area (Å²) in [5.41, 5.74) is 1.21.